The van der Waals surface area contributed by atoms with E-state index in [1.807, 2.05) is 49.4 Å². The van der Waals surface area contributed by atoms with Crippen LogP contribution in [-0.2, 0) is 4.79 Å². The zero-order valence-electron chi connectivity index (χ0n) is 16.4. The molecule has 148 valence electrons. The van der Waals surface area contributed by atoms with Crippen LogP contribution in [0.3, 0.4) is 0 Å². The third kappa shape index (κ3) is 5.27. The standard InChI is InChI=1S/C23H23N3O3/c1-16-8-10-19(11-9-16)23(18-6-4-3-5-7-18)24-15-22(27)25-21-13-12-20(26(28)29)14-17(21)2/h3-14,23-24H,15H2,1-2H3,(H,25,27)/t23-/m1/s1. The molecule has 0 aliphatic carbocycles. The lowest BCUT2D eigenvalue weighted by molar-refractivity contribution is -0.384. The first-order chi connectivity index (χ1) is 13.9. The Labute approximate surface area is 169 Å². The van der Waals surface area contributed by atoms with Crippen LogP contribution < -0.4 is 10.6 Å². The molecule has 1 atom stereocenters. The number of nitro groups is 1. The number of amides is 1. The van der Waals surface area contributed by atoms with Crippen molar-refractivity contribution in [1.82, 2.24) is 5.32 Å². The lowest BCUT2D eigenvalue weighted by Crippen LogP contribution is -2.32. The highest BCUT2D eigenvalue weighted by Gasteiger charge is 2.16. The summed E-state index contributed by atoms with van der Waals surface area (Å²) in [7, 11) is 0. The number of hydrogen-bond acceptors (Lipinski definition) is 4. The molecule has 0 aromatic heterocycles. The third-order valence-corrected chi connectivity index (χ3v) is 4.71. The number of benzene rings is 3. The highest BCUT2D eigenvalue weighted by Crippen LogP contribution is 2.23. The Morgan fingerprint density at radius 3 is 2.24 bits per heavy atom. The van der Waals surface area contributed by atoms with Gasteiger partial charge in [-0.25, -0.2) is 0 Å². The van der Waals surface area contributed by atoms with Crippen LogP contribution in [0.1, 0.15) is 28.3 Å². The summed E-state index contributed by atoms with van der Waals surface area (Å²) in [5.41, 5.74) is 4.52. The number of carbonyl (C=O) groups is 1. The summed E-state index contributed by atoms with van der Waals surface area (Å²) in [5.74, 6) is -0.213. The molecule has 0 aliphatic rings. The van der Waals surface area contributed by atoms with Crippen molar-refractivity contribution < 1.29 is 9.72 Å². The number of carbonyl (C=O) groups excluding carboxylic acids is 1. The van der Waals surface area contributed by atoms with Gasteiger partial charge in [-0.1, -0.05) is 60.2 Å². The topological polar surface area (TPSA) is 84.3 Å². The lowest BCUT2D eigenvalue weighted by atomic mass is 9.98. The van der Waals surface area contributed by atoms with Crippen molar-refractivity contribution in [1.29, 1.82) is 0 Å². The van der Waals surface area contributed by atoms with Gasteiger partial charge in [-0.2, -0.15) is 0 Å². The smallest absolute Gasteiger partial charge is 0.269 e. The van der Waals surface area contributed by atoms with E-state index in [0.29, 0.717) is 11.3 Å². The molecule has 2 N–H and O–H groups in total. The molecule has 0 saturated heterocycles. The molecule has 3 aromatic carbocycles. The first-order valence-electron chi connectivity index (χ1n) is 9.34. The molecule has 0 radical (unpaired) electrons. The summed E-state index contributed by atoms with van der Waals surface area (Å²) < 4.78 is 0. The van der Waals surface area contributed by atoms with Gasteiger partial charge in [0, 0.05) is 17.8 Å². The summed E-state index contributed by atoms with van der Waals surface area (Å²) in [6.07, 6.45) is 0. The number of non-ortho nitro benzene ring substituents is 1. The van der Waals surface area contributed by atoms with Gasteiger partial charge in [-0.3, -0.25) is 20.2 Å². The number of anilines is 1. The van der Waals surface area contributed by atoms with Gasteiger partial charge in [0.25, 0.3) is 5.69 Å². The largest absolute Gasteiger partial charge is 0.325 e. The molecule has 0 bridgehead atoms. The van der Waals surface area contributed by atoms with Gasteiger partial charge < -0.3 is 5.32 Å². The molecule has 29 heavy (non-hydrogen) atoms. The Morgan fingerprint density at radius 1 is 0.966 bits per heavy atom. The highest BCUT2D eigenvalue weighted by molar-refractivity contribution is 5.93. The molecule has 3 aromatic rings. The molecular weight excluding hydrogens is 366 g/mol. The van der Waals surface area contributed by atoms with Gasteiger partial charge >= 0.3 is 0 Å². The summed E-state index contributed by atoms with van der Waals surface area (Å²) >= 11 is 0. The first kappa shape index (κ1) is 20.2. The van der Waals surface area contributed by atoms with Crippen molar-refractivity contribution in [2.24, 2.45) is 0 Å². The van der Waals surface area contributed by atoms with Gasteiger partial charge in [-0.05, 0) is 36.6 Å². The fraction of sp³-hybridized carbons (Fsp3) is 0.174. The van der Waals surface area contributed by atoms with Gasteiger partial charge in [0.2, 0.25) is 5.91 Å². The molecule has 0 heterocycles. The normalized spacial score (nSPS) is 11.7. The zero-order valence-corrected chi connectivity index (χ0v) is 16.4. The number of hydrogen-bond donors (Lipinski definition) is 2. The van der Waals surface area contributed by atoms with Crippen LogP contribution in [0.4, 0.5) is 11.4 Å². The maximum atomic E-state index is 12.5. The summed E-state index contributed by atoms with van der Waals surface area (Å²) in [5, 5.41) is 17.0. The molecule has 6 heteroatoms. The summed E-state index contributed by atoms with van der Waals surface area (Å²) in [6.45, 7) is 3.87. The van der Waals surface area contributed by atoms with Crippen molar-refractivity contribution in [2.45, 2.75) is 19.9 Å². The third-order valence-electron chi connectivity index (χ3n) is 4.71. The van der Waals surface area contributed by atoms with E-state index in [0.717, 1.165) is 11.1 Å². The van der Waals surface area contributed by atoms with Crippen LogP contribution in [0, 0.1) is 24.0 Å². The average Bonchev–Trinajstić information content (AvgIpc) is 2.71. The van der Waals surface area contributed by atoms with E-state index in [-0.39, 0.29) is 24.2 Å². The number of aryl methyl sites for hydroxylation is 2. The first-order valence-corrected chi connectivity index (χ1v) is 9.34. The SMILES string of the molecule is Cc1ccc([C@H](NCC(=O)Nc2ccc([N+](=O)[O-])cc2C)c2ccccc2)cc1. The van der Waals surface area contributed by atoms with Crippen LogP contribution in [-0.4, -0.2) is 17.4 Å². The molecule has 0 saturated carbocycles. The Morgan fingerprint density at radius 2 is 1.62 bits per heavy atom. The second kappa shape index (κ2) is 9.12. The summed E-state index contributed by atoms with van der Waals surface area (Å²) in [6, 6.07) is 22.4. The van der Waals surface area contributed by atoms with Crippen LogP contribution in [0.15, 0.2) is 72.8 Å². The molecule has 0 aliphatic heterocycles. The number of nitrogens with one attached hydrogen (secondary N) is 2. The van der Waals surface area contributed by atoms with E-state index >= 15 is 0 Å². The molecular formula is C23H23N3O3. The minimum atomic E-state index is -0.452. The van der Waals surface area contributed by atoms with Crippen molar-refractivity contribution in [3.05, 3.63) is 105 Å². The average molecular weight is 389 g/mol. The molecule has 1 amide bonds. The monoisotopic (exact) mass is 389 g/mol. The Balaban J connectivity index is 1.71. The molecule has 6 nitrogen and oxygen atoms in total. The van der Waals surface area contributed by atoms with E-state index in [9.17, 15) is 14.9 Å². The predicted octanol–water partition coefficient (Wildman–Crippen LogP) is 4.53. The maximum Gasteiger partial charge on any atom is 0.269 e. The van der Waals surface area contributed by atoms with Gasteiger partial charge in [0.15, 0.2) is 0 Å². The fourth-order valence-corrected chi connectivity index (χ4v) is 3.12. The predicted molar refractivity (Wildman–Crippen MR) is 114 cm³/mol. The van der Waals surface area contributed by atoms with Crippen LogP contribution in [0.5, 0.6) is 0 Å². The van der Waals surface area contributed by atoms with E-state index in [1.54, 1.807) is 13.0 Å². The molecule has 0 fully saturated rings. The van der Waals surface area contributed by atoms with E-state index in [2.05, 4.69) is 22.8 Å². The van der Waals surface area contributed by atoms with E-state index in [4.69, 9.17) is 0 Å². The fourth-order valence-electron chi connectivity index (χ4n) is 3.12. The van der Waals surface area contributed by atoms with Gasteiger partial charge in [0.1, 0.15) is 0 Å². The zero-order chi connectivity index (χ0) is 20.8. The Bertz CT molecular complexity index is 1000. The van der Waals surface area contributed by atoms with Crippen molar-refractivity contribution in [2.75, 3.05) is 11.9 Å². The summed E-state index contributed by atoms with van der Waals surface area (Å²) in [4.78, 5) is 22.9. The second-order valence-corrected chi connectivity index (χ2v) is 6.94. The minimum Gasteiger partial charge on any atom is -0.325 e. The Kier molecular flexibility index (Phi) is 6.36. The lowest BCUT2D eigenvalue weighted by Gasteiger charge is -2.20. The number of nitrogens with zero attached hydrogens (tertiary/aromatic N) is 1. The minimum absolute atomic E-state index is 0.00198. The van der Waals surface area contributed by atoms with E-state index in [1.165, 1.54) is 17.7 Å². The van der Waals surface area contributed by atoms with Crippen molar-refractivity contribution >= 4 is 17.3 Å². The molecule has 3 rings (SSSR count). The molecule has 0 spiro atoms. The van der Waals surface area contributed by atoms with Crippen molar-refractivity contribution in [3.8, 4) is 0 Å². The quantitative estimate of drug-likeness (QED) is 0.459. The van der Waals surface area contributed by atoms with Gasteiger partial charge in [0.05, 0.1) is 17.5 Å². The second-order valence-electron chi connectivity index (χ2n) is 6.94. The van der Waals surface area contributed by atoms with Crippen LogP contribution in [0.2, 0.25) is 0 Å². The maximum absolute atomic E-state index is 12.5. The molecule has 0 unspecified atom stereocenters. The highest BCUT2D eigenvalue weighted by atomic mass is 16.6. The van der Waals surface area contributed by atoms with Crippen LogP contribution >= 0.6 is 0 Å². The number of rotatable bonds is 7. The van der Waals surface area contributed by atoms with Gasteiger partial charge in [-0.15, -0.1) is 0 Å². The van der Waals surface area contributed by atoms with E-state index < -0.39 is 4.92 Å². The van der Waals surface area contributed by atoms with Crippen molar-refractivity contribution in [3.63, 3.8) is 0 Å². The Hall–Kier alpha value is -3.51. The number of nitro benzene ring substituents is 1. The van der Waals surface area contributed by atoms with Crippen LogP contribution in [0.25, 0.3) is 0 Å².